The molecule has 1 aromatic carbocycles. The number of alkyl halides is 1. The zero-order valence-corrected chi connectivity index (χ0v) is 14.9. The number of likely N-dealkylation sites (tertiary alicyclic amines) is 1. The summed E-state index contributed by atoms with van der Waals surface area (Å²) in [6.07, 6.45) is 3.05. The first-order chi connectivity index (χ1) is 12.0. The number of aliphatic hydroxyl groups excluding tert-OH is 1. The highest BCUT2D eigenvalue weighted by Crippen LogP contribution is 2.24. The highest BCUT2D eigenvalue weighted by molar-refractivity contribution is 5.17. The second-order valence-corrected chi connectivity index (χ2v) is 7.09. The lowest BCUT2D eigenvalue weighted by molar-refractivity contribution is 0.107. The van der Waals surface area contributed by atoms with Crippen LogP contribution in [-0.4, -0.2) is 63.6 Å². The number of aryl methyl sites for hydroxylation is 1. The lowest BCUT2D eigenvalue weighted by Crippen LogP contribution is -2.39. The molecule has 1 aliphatic heterocycles. The first-order valence-corrected chi connectivity index (χ1v) is 8.78. The average Bonchev–Trinajstić information content (AvgIpc) is 3.14. The molecule has 1 aliphatic rings. The molecule has 3 rings (SSSR count). The maximum absolute atomic E-state index is 14.0. The van der Waals surface area contributed by atoms with Crippen LogP contribution in [0.4, 0.5) is 4.39 Å². The van der Waals surface area contributed by atoms with E-state index in [0.717, 1.165) is 17.7 Å². The molecule has 2 heterocycles. The van der Waals surface area contributed by atoms with E-state index in [4.69, 9.17) is 0 Å². The summed E-state index contributed by atoms with van der Waals surface area (Å²) in [4.78, 5) is 4.28. The zero-order chi connectivity index (χ0) is 17.8. The van der Waals surface area contributed by atoms with Gasteiger partial charge < -0.3 is 10.0 Å². The van der Waals surface area contributed by atoms with Gasteiger partial charge in [0.05, 0.1) is 12.3 Å². The van der Waals surface area contributed by atoms with E-state index in [1.807, 2.05) is 56.8 Å². The first kappa shape index (κ1) is 18.0. The number of benzene rings is 1. The normalized spacial score (nSPS) is 22.6. The Morgan fingerprint density at radius 3 is 2.80 bits per heavy atom. The molecule has 5 nitrogen and oxygen atoms in total. The molecule has 0 unspecified atom stereocenters. The van der Waals surface area contributed by atoms with Crippen LogP contribution in [0.2, 0.25) is 0 Å². The van der Waals surface area contributed by atoms with E-state index < -0.39 is 12.3 Å². The van der Waals surface area contributed by atoms with Crippen molar-refractivity contribution in [2.24, 2.45) is 7.05 Å². The third kappa shape index (κ3) is 4.87. The van der Waals surface area contributed by atoms with Crippen LogP contribution in [0.25, 0.3) is 0 Å². The van der Waals surface area contributed by atoms with Gasteiger partial charge in [0.1, 0.15) is 6.17 Å². The van der Waals surface area contributed by atoms with Gasteiger partial charge in [-0.3, -0.25) is 9.58 Å². The van der Waals surface area contributed by atoms with Gasteiger partial charge in [0.25, 0.3) is 0 Å². The molecule has 2 aromatic rings. The standard InChI is InChI=1S/C19H27FN4O/c1-22(14-19(25)16-6-4-3-5-7-16)13-18-8-17(20)12-24(18)11-15-9-21-23(2)10-15/h3-7,9-10,17-19,25H,8,11-14H2,1-2H3/t17-,18-,19+/m0/s1. The van der Waals surface area contributed by atoms with Crippen LogP contribution in [0.5, 0.6) is 0 Å². The Bertz CT molecular complexity index is 662. The topological polar surface area (TPSA) is 44.5 Å². The van der Waals surface area contributed by atoms with Crippen molar-refractivity contribution >= 4 is 0 Å². The number of rotatable bonds is 7. The predicted octanol–water partition coefficient (Wildman–Crippen LogP) is 2.00. The van der Waals surface area contributed by atoms with E-state index in [1.54, 1.807) is 4.68 Å². The third-order valence-corrected chi connectivity index (χ3v) is 4.81. The fourth-order valence-electron chi connectivity index (χ4n) is 3.60. The average molecular weight is 346 g/mol. The Labute approximate surface area is 148 Å². The molecule has 0 saturated carbocycles. The number of aliphatic hydroxyl groups is 1. The maximum atomic E-state index is 14.0. The van der Waals surface area contributed by atoms with Crippen molar-refractivity contribution in [1.29, 1.82) is 0 Å². The van der Waals surface area contributed by atoms with Crippen molar-refractivity contribution < 1.29 is 9.50 Å². The van der Waals surface area contributed by atoms with Crippen molar-refractivity contribution in [3.8, 4) is 0 Å². The molecule has 0 aliphatic carbocycles. The van der Waals surface area contributed by atoms with Crippen LogP contribution in [0.15, 0.2) is 42.7 Å². The van der Waals surface area contributed by atoms with Crippen LogP contribution in [-0.2, 0) is 13.6 Å². The summed E-state index contributed by atoms with van der Waals surface area (Å²) in [5, 5.41) is 14.6. The summed E-state index contributed by atoms with van der Waals surface area (Å²) in [5.41, 5.74) is 2.02. The minimum Gasteiger partial charge on any atom is -0.387 e. The van der Waals surface area contributed by atoms with E-state index in [1.165, 1.54) is 0 Å². The van der Waals surface area contributed by atoms with Gasteiger partial charge in [-0.25, -0.2) is 4.39 Å². The highest BCUT2D eigenvalue weighted by Gasteiger charge is 2.33. The van der Waals surface area contributed by atoms with Gasteiger partial charge in [-0.1, -0.05) is 30.3 Å². The van der Waals surface area contributed by atoms with Crippen molar-refractivity contribution in [3.63, 3.8) is 0 Å². The van der Waals surface area contributed by atoms with E-state index in [2.05, 4.69) is 14.9 Å². The van der Waals surface area contributed by atoms with Crippen LogP contribution in [0.1, 0.15) is 23.7 Å². The molecule has 3 atom stereocenters. The van der Waals surface area contributed by atoms with E-state index >= 15 is 0 Å². The Morgan fingerprint density at radius 2 is 2.12 bits per heavy atom. The first-order valence-electron chi connectivity index (χ1n) is 8.78. The molecular formula is C19H27FN4O. The second-order valence-electron chi connectivity index (χ2n) is 7.09. The SMILES string of the molecule is CN(C[C@@H]1C[C@H](F)CN1Cc1cnn(C)c1)C[C@@H](O)c1ccccc1. The van der Waals surface area contributed by atoms with Gasteiger partial charge in [-0.05, 0) is 19.0 Å². The molecular weight excluding hydrogens is 319 g/mol. The van der Waals surface area contributed by atoms with Gasteiger partial charge in [-0.15, -0.1) is 0 Å². The van der Waals surface area contributed by atoms with Gasteiger partial charge in [0.2, 0.25) is 0 Å². The molecule has 136 valence electrons. The monoisotopic (exact) mass is 346 g/mol. The van der Waals surface area contributed by atoms with Crippen LogP contribution < -0.4 is 0 Å². The van der Waals surface area contributed by atoms with E-state index in [0.29, 0.717) is 26.1 Å². The smallest absolute Gasteiger partial charge is 0.114 e. The Hall–Kier alpha value is -1.76. The minimum atomic E-state index is -0.783. The molecule has 1 aromatic heterocycles. The summed E-state index contributed by atoms with van der Waals surface area (Å²) < 4.78 is 15.8. The summed E-state index contributed by atoms with van der Waals surface area (Å²) in [6, 6.07) is 9.82. The lowest BCUT2D eigenvalue weighted by Gasteiger charge is -2.29. The lowest BCUT2D eigenvalue weighted by atomic mass is 10.1. The number of nitrogens with zero attached hydrogens (tertiary/aromatic N) is 4. The molecule has 1 N–H and O–H groups in total. The van der Waals surface area contributed by atoms with Gasteiger partial charge in [0.15, 0.2) is 0 Å². The van der Waals surface area contributed by atoms with Crippen molar-refractivity contribution in [2.75, 3.05) is 26.7 Å². The van der Waals surface area contributed by atoms with Crippen LogP contribution in [0.3, 0.4) is 0 Å². The van der Waals surface area contributed by atoms with Crippen LogP contribution in [0, 0.1) is 0 Å². The largest absolute Gasteiger partial charge is 0.387 e. The molecule has 0 radical (unpaired) electrons. The third-order valence-electron chi connectivity index (χ3n) is 4.81. The van der Waals surface area contributed by atoms with Gasteiger partial charge in [0, 0.05) is 51.0 Å². The van der Waals surface area contributed by atoms with Gasteiger partial charge >= 0.3 is 0 Å². The summed E-state index contributed by atoms with van der Waals surface area (Å²) in [6.45, 7) is 2.46. The zero-order valence-electron chi connectivity index (χ0n) is 14.9. The summed E-state index contributed by atoms with van der Waals surface area (Å²) in [7, 11) is 3.88. The van der Waals surface area contributed by atoms with Gasteiger partial charge in [-0.2, -0.15) is 5.10 Å². The van der Waals surface area contributed by atoms with E-state index in [-0.39, 0.29) is 6.04 Å². The Morgan fingerprint density at radius 1 is 1.36 bits per heavy atom. The summed E-state index contributed by atoms with van der Waals surface area (Å²) in [5.74, 6) is 0. The van der Waals surface area contributed by atoms with Crippen molar-refractivity contribution in [3.05, 3.63) is 53.9 Å². The van der Waals surface area contributed by atoms with E-state index in [9.17, 15) is 9.50 Å². The molecule has 0 bridgehead atoms. The number of hydrogen-bond donors (Lipinski definition) is 1. The quantitative estimate of drug-likeness (QED) is 0.833. The number of halogens is 1. The Kier molecular flexibility index (Phi) is 5.83. The molecule has 6 heteroatoms. The summed E-state index contributed by atoms with van der Waals surface area (Å²) >= 11 is 0. The molecule has 0 spiro atoms. The highest BCUT2D eigenvalue weighted by atomic mass is 19.1. The maximum Gasteiger partial charge on any atom is 0.114 e. The minimum absolute atomic E-state index is 0.156. The van der Waals surface area contributed by atoms with Crippen molar-refractivity contribution in [2.45, 2.75) is 31.3 Å². The fraction of sp³-hybridized carbons (Fsp3) is 0.526. The fourth-order valence-corrected chi connectivity index (χ4v) is 3.60. The predicted molar refractivity (Wildman–Crippen MR) is 95.8 cm³/mol. The Balaban J connectivity index is 1.56. The molecule has 25 heavy (non-hydrogen) atoms. The van der Waals surface area contributed by atoms with Crippen LogP contribution >= 0.6 is 0 Å². The number of likely N-dealkylation sites (N-methyl/N-ethyl adjacent to an activating group) is 1. The number of hydrogen-bond acceptors (Lipinski definition) is 4. The molecule has 0 amide bonds. The molecule has 1 fully saturated rings. The van der Waals surface area contributed by atoms with Crippen molar-refractivity contribution in [1.82, 2.24) is 19.6 Å². The second kappa shape index (κ2) is 8.08. The molecule has 1 saturated heterocycles. The number of aromatic nitrogens is 2.